The highest BCUT2D eigenvalue weighted by Crippen LogP contribution is 2.12. The number of unbranched alkanes of at least 4 members (excludes halogenated alkanes) is 1. The Hall–Kier alpha value is -2.37. The first-order chi connectivity index (χ1) is 14.5. The highest BCUT2D eigenvalue weighted by atomic mass is 15.2. The van der Waals surface area contributed by atoms with Crippen LogP contribution in [-0.4, -0.2) is 13.7 Å². The lowest BCUT2D eigenvalue weighted by molar-refractivity contribution is -0.683. The molecule has 31 heavy (non-hydrogen) atoms. The molecule has 0 atom stereocenters. The maximum absolute atomic E-state index is 2.45. The molecule has 0 aliphatic rings. The minimum absolute atomic E-state index is 1.10. The Morgan fingerprint density at radius 1 is 0.742 bits per heavy atom. The number of nitrogens with zero attached hydrogens (tertiary/aromatic N) is 6. The summed E-state index contributed by atoms with van der Waals surface area (Å²) in [5.41, 5.74) is 5.54. The van der Waals surface area contributed by atoms with E-state index >= 15 is 0 Å². The normalized spacial score (nSPS) is 11.1. The summed E-state index contributed by atoms with van der Waals surface area (Å²) in [6.45, 7) is 17.7. The van der Waals surface area contributed by atoms with E-state index in [1.54, 1.807) is 0 Å². The minimum Gasteiger partial charge on any atom is -0.237 e. The molecule has 0 spiro atoms. The molecule has 0 aromatic carbocycles. The number of hydrogen-bond donors (Lipinski definition) is 0. The minimum atomic E-state index is 1.10. The van der Waals surface area contributed by atoms with Gasteiger partial charge in [-0.25, -0.2) is 27.4 Å². The molecule has 6 heteroatoms. The molecule has 0 amide bonds. The van der Waals surface area contributed by atoms with E-state index in [1.807, 2.05) is 0 Å². The summed E-state index contributed by atoms with van der Waals surface area (Å²) in [6, 6.07) is 0. The van der Waals surface area contributed by atoms with Crippen molar-refractivity contribution in [2.75, 3.05) is 0 Å². The van der Waals surface area contributed by atoms with Gasteiger partial charge in [0.2, 0.25) is 0 Å². The summed E-state index contributed by atoms with van der Waals surface area (Å²) >= 11 is 0. The molecule has 0 fully saturated rings. The van der Waals surface area contributed by atoms with E-state index in [-0.39, 0.29) is 0 Å². The van der Waals surface area contributed by atoms with Crippen LogP contribution in [0.2, 0.25) is 0 Å². The fourth-order valence-electron chi connectivity index (χ4n) is 4.53. The van der Waals surface area contributed by atoms with Crippen molar-refractivity contribution in [3.63, 3.8) is 0 Å². The molecule has 0 radical (unpaired) electrons. The van der Waals surface area contributed by atoms with Gasteiger partial charge in [-0.1, -0.05) is 6.92 Å². The first-order valence-electron chi connectivity index (χ1n) is 11.6. The van der Waals surface area contributed by atoms with Crippen molar-refractivity contribution < 1.29 is 13.7 Å². The van der Waals surface area contributed by atoms with Gasteiger partial charge in [0.05, 0.1) is 41.3 Å². The van der Waals surface area contributed by atoms with Crippen molar-refractivity contribution >= 4 is 0 Å². The lowest BCUT2D eigenvalue weighted by Crippen LogP contribution is -2.33. The first kappa shape index (κ1) is 24.9. The summed E-state index contributed by atoms with van der Waals surface area (Å²) in [5, 5.41) is 0. The molecule has 0 aliphatic carbocycles. The molecule has 0 N–H and O–H groups in total. The third-order valence-electron chi connectivity index (χ3n) is 7.27. The van der Waals surface area contributed by atoms with E-state index in [0.717, 1.165) is 19.5 Å². The van der Waals surface area contributed by atoms with E-state index in [2.05, 4.69) is 116 Å². The summed E-state index contributed by atoms with van der Waals surface area (Å²) in [7, 11) is 8.45. The van der Waals surface area contributed by atoms with Crippen LogP contribution in [-0.2, 0) is 47.7 Å². The van der Waals surface area contributed by atoms with Crippen LogP contribution in [0.25, 0.3) is 0 Å². The van der Waals surface area contributed by atoms with Crippen LogP contribution in [0.4, 0.5) is 0 Å². The Labute approximate surface area is 189 Å². The predicted octanol–water partition coefficient (Wildman–Crippen LogP) is 2.68. The molecule has 0 saturated carbocycles. The second kappa shape index (κ2) is 10.3. The zero-order chi connectivity index (χ0) is 23.5. The maximum atomic E-state index is 2.45. The van der Waals surface area contributed by atoms with Crippen LogP contribution in [0.5, 0.6) is 0 Å². The van der Waals surface area contributed by atoms with Crippen LogP contribution in [0, 0.1) is 41.5 Å². The average Bonchev–Trinajstić information content (AvgIpc) is 3.24. The van der Waals surface area contributed by atoms with Crippen LogP contribution < -0.4 is 13.7 Å². The molecule has 3 aromatic rings. The van der Waals surface area contributed by atoms with Crippen molar-refractivity contribution in [2.45, 2.75) is 80.8 Å². The highest BCUT2D eigenvalue weighted by molar-refractivity contribution is 5.07. The lowest BCUT2D eigenvalue weighted by atomic mass is 10.2. The Morgan fingerprint density at radius 3 is 1.39 bits per heavy atom. The molecule has 0 unspecified atom stereocenters. The fourth-order valence-corrected chi connectivity index (χ4v) is 4.53. The second-order valence-electron chi connectivity index (χ2n) is 8.85. The number of aromatic nitrogens is 6. The topological polar surface area (TPSA) is 26.4 Å². The van der Waals surface area contributed by atoms with Crippen LogP contribution in [0.15, 0.2) is 12.4 Å². The molecule has 172 valence electrons. The van der Waals surface area contributed by atoms with Gasteiger partial charge in [-0.3, -0.25) is 0 Å². The summed E-state index contributed by atoms with van der Waals surface area (Å²) in [5.74, 6) is 4.06. The molecule has 0 aliphatic heterocycles. The molecular formula is C25H45N6+3. The van der Waals surface area contributed by atoms with Gasteiger partial charge in [-0.15, -0.1) is 0 Å². The summed E-state index contributed by atoms with van der Waals surface area (Å²) < 4.78 is 13.8. The largest absolute Gasteiger partial charge is 0.255 e. The number of aryl methyl sites for hydroxylation is 2. The quantitative estimate of drug-likeness (QED) is 0.426. The summed E-state index contributed by atoms with van der Waals surface area (Å²) in [4.78, 5) is 0. The second-order valence-corrected chi connectivity index (χ2v) is 8.85. The van der Waals surface area contributed by atoms with Crippen LogP contribution >= 0.6 is 0 Å². The Bertz CT molecular complexity index is 901. The molecule has 3 rings (SSSR count). The lowest BCUT2D eigenvalue weighted by Gasteiger charge is -2.03. The maximum Gasteiger partial charge on any atom is 0.255 e. The van der Waals surface area contributed by atoms with Gasteiger partial charge in [0.25, 0.3) is 17.5 Å². The van der Waals surface area contributed by atoms with Gasteiger partial charge in [-0.05, 0) is 12.8 Å². The third-order valence-corrected chi connectivity index (χ3v) is 7.27. The number of hydrogen-bond acceptors (Lipinski definition) is 0. The zero-order valence-corrected chi connectivity index (χ0v) is 21.9. The van der Waals surface area contributed by atoms with Crippen LogP contribution in [0.1, 0.15) is 60.0 Å². The van der Waals surface area contributed by atoms with E-state index in [4.69, 9.17) is 0 Å². The van der Waals surface area contributed by atoms with Gasteiger partial charge in [0.15, 0.2) is 0 Å². The van der Waals surface area contributed by atoms with Gasteiger partial charge in [0, 0.05) is 48.0 Å². The van der Waals surface area contributed by atoms with E-state index < -0.39 is 0 Å². The number of imidazole rings is 3. The first-order valence-corrected chi connectivity index (χ1v) is 11.6. The highest BCUT2D eigenvalue weighted by Gasteiger charge is 2.21. The van der Waals surface area contributed by atoms with Gasteiger partial charge in [0.1, 0.15) is 35.2 Å². The van der Waals surface area contributed by atoms with Crippen molar-refractivity contribution in [2.24, 2.45) is 28.2 Å². The van der Waals surface area contributed by atoms with E-state index in [0.29, 0.717) is 0 Å². The summed E-state index contributed by atoms with van der Waals surface area (Å²) in [6.07, 6.45) is 7.67. The van der Waals surface area contributed by atoms with Gasteiger partial charge in [-0.2, -0.15) is 0 Å². The van der Waals surface area contributed by atoms with Gasteiger partial charge >= 0.3 is 0 Å². The van der Waals surface area contributed by atoms with E-state index in [1.165, 1.54) is 53.1 Å². The molecule has 3 aromatic heterocycles. The Balaban J connectivity index is 0.000000316. The average molecular weight is 430 g/mol. The van der Waals surface area contributed by atoms with Crippen molar-refractivity contribution in [1.82, 2.24) is 13.7 Å². The van der Waals surface area contributed by atoms with Gasteiger partial charge < -0.3 is 0 Å². The number of rotatable bonds is 6. The third kappa shape index (κ3) is 5.10. The molecule has 0 saturated heterocycles. The molecule has 0 bridgehead atoms. The Morgan fingerprint density at radius 2 is 1.16 bits per heavy atom. The SMILES string of the molecule is CCc1n(C)cc[n+]1C.Cc1c(C)[n+](C)c(C)n1CCCCn1c(C)c(C)[n+](C)c1C. The standard InChI is InChI=1S/C18H32N4.C7H13N2/c1-13-15(3)21(17(5)19(13)7)11-9-10-12-22-16(4)14(2)20(8)18(22)6;1-4-7-8(2)5-6-9(7)3/h9-12H2,1-8H3;5-6H,4H2,1-3H3/q+2;+1. The molecule has 6 nitrogen and oxygen atoms in total. The van der Waals surface area contributed by atoms with Crippen LogP contribution in [0.3, 0.4) is 0 Å². The molecular weight excluding hydrogens is 384 g/mol. The monoisotopic (exact) mass is 429 g/mol. The molecule has 3 heterocycles. The Kier molecular flexibility index (Phi) is 8.27. The van der Waals surface area contributed by atoms with E-state index in [9.17, 15) is 0 Å². The van der Waals surface area contributed by atoms with Crippen molar-refractivity contribution in [1.29, 1.82) is 0 Å². The predicted molar refractivity (Wildman–Crippen MR) is 125 cm³/mol. The smallest absolute Gasteiger partial charge is 0.237 e. The fraction of sp³-hybridized carbons (Fsp3) is 0.640. The van der Waals surface area contributed by atoms with Crippen molar-refractivity contribution in [3.05, 3.63) is 52.6 Å². The zero-order valence-electron chi connectivity index (χ0n) is 21.9. The van der Waals surface area contributed by atoms with Crippen molar-refractivity contribution in [3.8, 4) is 0 Å².